The normalized spacial score (nSPS) is 12.0. The highest BCUT2D eigenvalue weighted by Crippen LogP contribution is 2.17. The van der Waals surface area contributed by atoms with E-state index in [1.807, 2.05) is 30.3 Å². The van der Waals surface area contributed by atoms with E-state index in [4.69, 9.17) is 0 Å². The maximum absolute atomic E-state index is 13.4. The van der Waals surface area contributed by atoms with Crippen molar-refractivity contribution in [1.82, 2.24) is 9.88 Å². The summed E-state index contributed by atoms with van der Waals surface area (Å²) in [6.45, 7) is -0.0779. The van der Waals surface area contributed by atoms with E-state index >= 15 is 0 Å². The van der Waals surface area contributed by atoms with Gasteiger partial charge >= 0.3 is 5.97 Å². The van der Waals surface area contributed by atoms with Crippen LogP contribution in [0.5, 0.6) is 0 Å². The lowest BCUT2D eigenvalue weighted by atomic mass is 10.1. The molecule has 6 heteroatoms. The summed E-state index contributed by atoms with van der Waals surface area (Å²) in [5.41, 5.74) is 1.41. The molecule has 0 saturated carbocycles. The summed E-state index contributed by atoms with van der Waals surface area (Å²) in [4.78, 5) is 23.7. The third-order valence-corrected chi connectivity index (χ3v) is 3.97. The molecule has 0 spiro atoms. The zero-order chi connectivity index (χ0) is 17.8. The second-order valence-electron chi connectivity index (χ2n) is 5.79. The van der Waals surface area contributed by atoms with Gasteiger partial charge in [-0.25, -0.2) is 9.18 Å². The lowest BCUT2D eigenvalue weighted by molar-refractivity contribution is -0.141. The second kappa shape index (κ2) is 7.17. The Balaban J connectivity index is 1.71. The first-order valence-electron chi connectivity index (χ1n) is 7.83. The van der Waals surface area contributed by atoms with Gasteiger partial charge in [0, 0.05) is 12.6 Å². The van der Waals surface area contributed by atoms with Gasteiger partial charge in [0.25, 0.3) is 0 Å². The average molecular weight is 340 g/mol. The fourth-order valence-electron chi connectivity index (χ4n) is 2.74. The molecule has 1 heterocycles. The van der Waals surface area contributed by atoms with E-state index in [9.17, 15) is 19.1 Å². The van der Waals surface area contributed by atoms with Crippen LogP contribution in [0.3, 0.4) is 0 Å². The topological polar surface area (TPSA) is 71.3 Å². The van der Waals surface area contributed by atoms with E-state index in [0.717, 1.165) is 10.9 Å². The molecule has 5 nitrogen and oxygen atoms in total. The minimum Gasteiger partial charge on any atom is -0.480 e. The zero-order valence-electron chi connectivity index (χ0n) is 13.4. The molecule has 3 rings (SSSR count). The van der Waals surface area contributed by atoms with Gasteiger partial charge in [0.15, 0.2) is 0 Å². The fourth-order valence-corrected chi connectivity index (χ4v) is 2.74. The second-order valence-corrected chi connectivity index (χ2v) is 5.79. The Morgan fingerprint density at radius 2 is 1.88 bits per heavy atom. The van der Waals surface area contributed by atoms with Crippen molar-refractivity contribution in [3.8, 4) is 0 Å². The molecule has 1 atom stereocenters. The first kappa shape index (κ1) is 16.7. The Kier molecular flexibility index (Phi) is 4.79. The average Bonchev–Trinajstić information content (AvgIpc) is 2.97. The fraction of sp³-hybridized carbons (Fsp3) is 0.158. The summed E-state index contributed by atoms with van der Waals surface area (Å²) in [5, 5.41) is 12.7. The lowest BCUT2D eigenvalue weighted by Gasteiger charge is -2.15. The van der Waals surface area contributed by atoms with E-state index in [2.05, 4.69) is 5.32 Å². The van der Waals surface area contributed by atoms with E-state index in [0.29, 0.717) is 5.52 Å². The van der Waals surface area contributed by atoms with Crippen LogP contribution in [-0.4, -0.2) is 27.6 Å². The highest BCUT2D eigenvalue weighted by atomic mass is 19.1. The van der Waals surface area contributed by atoms with Crippen molar-refractivity contribution in [2.45, 2.75) is 19.0 Å². The van der Waals surface area contributed by atoms with Crippen LogP contribution >= 0.6 is 0 Å². The van der Waals surface area contributed by atoms with Gasteiger partial charge in [0.05, 0.1) is 5.52 Å². The molecule has 3 aromatic rings. The molecule has 1 aromatic heterocycles. The minimum absolute atomic E-state index is 0.0779. The summed E-state index contributed by atoms with van der Waals surface area (Å²) < 4.78 is 15.0. The van der Waals surface area contributed by atoms with Crippen molar-refractivity contribution >= 4 is 22.8 Å². The summed E-state index contributed by atoms with van der Waals surface area (Å²) in [7, 11) is 0. The molecule has 0 saturated heterocycles. The van der Waals surface area contributed by atoms with E-state index < -0.39 is 17.9 Å². The van der Waals surface area contributed by atoms with Crippen LogP contribution in [0.25, 0.3) is 10.9 Å². The van der Waals surface area contributed by atoms with Crippen LogP contribution in [0.4, 0.5) is 4.39 Å². The zero-order valence-corrected chi connectivity index (χ0v) is 13.4. The van der Waals surface area contributed by atoms with Gasteiger partial charge in [-0.2, -0.15) is 0 Å². The number of aliphatic carboxylic acids is 1. The molecule has 0 radical (unpaired) electrons. The van der Waals surface area contributed by atoms with Crippen molar-refractivity contribution in [2.24, 2.45) is 0 Å². The predicted octanol–water partition coefficient (Wildman–Crippen LogP) is 2.59. The number of nitrogens with one attached hydrogen (secondary N) is 1. The molecule has 128 valence electrons. The first-order chi connectivity index (χ1) is 12.0. The number of hydrogen-bond acceptors (Lipinski definition) is 2. The number of hydrogen-bond donors (Lipinski definition) is 2. The maximum atomic E-state index is 13.4. The summed E-state index contributed by atoms with van der Waals surface area (Å²) in [6, 6.07) is 14.2. The third kappa shape index (κ3) is 4.03. The Bertz CT molecular complexity index is 905. The predicted molar refractivity (Wildman–Crippen MR) is 91.6 cm³/mol. The van der Waals surface area contributed by atoms with Gasteiger partial charge in [-0.1, -0.05) is 30.3 Å². The number of nitrogens with zero attached hydrogens (tertiary/aromatic N) is 1. The molecule has 25 heavy (non-hydrogen) atoms. The number of carboxylic acid groups (broad SMARTS) is 1. The molecule has 0 fully saturated rings. The number of halogens is 1. The molecular formula is C19H17FN2O3. The van der Waals surface area contributed by atoms with Gasteiger partial charge in [0.1, 0.15) is 18.4 Å². The van der Waals surface area contributed by atoms with Gasteiger partial charge in [0.2, 0.25) is 5.91 Å². The molecule has 0 aliphatic heterocycles. The van der Waals surface area contributed by atoms with Crippen molar-refractivity contribution in [1.29, 1.82) is 0 Å². The van der Waals surface area contributed by atoms with E-state index in [1.165, 1.54) is 12.1 Å². The number of carbonyl (C=O) groups is 2. The number of benzene rings is 2. The molecule has 1 unspecified atom stereocenters. The summed E-state index contributed by atoms with van der Waals surface area (Å²) in [6.07, 6.45) is 1.87. The summed E-state index contributed by atoms with van der Waals surface area (Å²) >= 11 is 0. The smallest absolute Gasteiger partial charge is 0.326 e. The third-order valence-electron chi connectivity index (χ3n) is 3.97. The molecule has 0 aliphatic carbocycles. The number of rotatable bonds is 6. The van der Waals surface area contributed by atoms with Crippen molar-refractivity contribution in [3.05, 3.63) is 72.2 Å². The highest BCUT2D eigenvalue weighted by molar-refractivity contribution is 5.86. The monoisotopic (exact) mass is 340 g/mol. The Hall–Kier alpha value is -3.15. The number of aromatic nitrogens is 1. The van der Waals surface area contributed by atoms with Crippen LogP contribution in [0.1, 0.15) is 5.56 Å². The number of carbonyl (C=O) groups excluding carboxylic acids is 1. The standard InChI is InChI=1S/C19H17FN2O3/c20-15-7-6-14-8-9-22(17(14)11-15)12-18(23)21-16(19(24)25)10-13-4-2-1-3-5-13/h1-9,11,16H,10,12H2,(H,21,23)(H,24,25). The molecular weight excluding hydrogens is 323 g/mol. The quantitative estimate of drug-likeness (QED) is 0.724. The molecule has 0 bridgehead atoms. The molecule has 0 aliphatic rings. The van der Waals surface area contributed by atoms with Gasteiger partial charge < -0.3 is 15.0 Å². The Morgan fingerprint density at radius 1 is 1.12 bits per heavy atom. The van der Waals surface area contributed by atoms with Crippen LogP contribution in [0, 0.1) is 5.82 Å². The highest BCUT2D eigenvalue weighted by Gasteiger charge is 2.20. The van der Waals surface area contributed by atoms with E-state index in [1.54, 1.807) is 22.9 Å². The minimum atomic E-state index is -1.10. The van der Waals surface area contributed by atoms with Crippen LogP contribution in [-0.2, 0) is 22.6 Å². The SMILES string of the molecule is O=C(Cn1ccc2ccc(F)cc21)NC(Cc1ccccc1)C(=O)O. The molecule has 2 N–H and O–H groups in total. The molecule has 1 amide bonds. The number of amides is 1. The van der Waals surface area contributed by atoms with Crippen molar-refractivity contribution in [3.63, 3.8) is 0 Å². The van der Waals surface area contributed by atoms with Gasteiger partial charge in [-0.05, 0) is 35.2 Å². The maximum Gasteiger partial charge on any atom is 0.326 e. The Morgan fingerprint density at radius 3 is 2.60 bits per heavy atom. The van der Waals surface area contributed by atoms with Crippen LogP contribution < -0.4 is 5.32 Å². The number of carboxylic acids is 1. The first-order valence-corrected chi connectivity index (χ1v) is 7.83. The van der Waals surface area contributed by atoms with Gasteiger partial charge in [-0.15, -0.1) is 0 Å². The lowest BCUT2D eigenvalue weighted by Crippen LogP contribution is -2.43. The van der Waals surface area contributed by atoms with Crippen LogP contribution in [0.2, 0.25) is 0 Å². The molecule has 2 aromatic carbocycles. The Labute approximate surface area is 143 Å². The summed E-state index contributed by atoms with van der Waals surface area (Å²) in [5.74, 6) is -1.92. The van der Waals surface area contributed by atoms with Crippen molar-refractivity contribution < 1.29 is 19.1 Å². The van der Waals surface area contributed by atoms with Gasteiger partial charge in [-0.3, -0.25) is 4.79 Å². The number of fused-ring (bicyclic) bond motifs is 1. The largest absolute Gasteiger partial charge is 0.480 e. The van der Waals surface area contributed by atoms with E-state index in [-0.39, 0.29) is 18.8 Å². The van der Waals surface area contributed by atoms with Crippen LogP contribution in [0.15, 0.2) is 60.8 Å². The van der Waals surface area contributed by atoms with Crippen molar-refractivity contribution in [2.75, 3.05) is 0 Å².